The Kier molecular flexibility index (Phi) is 7.01. The van der Waals surface area contributed by atoms with Crippen molar-refractivity contribution in [1.29, 1.82) is 0 Å². The second kappa shape index (κ2) is 9.47. The lowest BCUT2D eigenvalue weighted by molar-refractivity contribution is 0.0942. The van der Waals surface area contributed by atoms with Crippen LogP contribution in [0.5, 0.6) is 5.75 Å². The van der Waals surface area contributed by atoms with E-state index in [1.54, 1.807) is 31.4 Å². The van der Waals surface area contributed by atoms with Gasteiger partial charge in [0.15, 0.2) is 0 Å². The highest BCUT2D eigenvalue weighted by Gasteiger charge is 2.08. The molecule has 0 fully saturated rings. The van der Waals surface area contributed by atoms with Crippen molar-refractivity contribution in [3.05, 3.63) is 65.2 Å². The summed E-state index contributed by atoms with van der Waals surface area (Å²) in [7, 11) is 1.63. The highest BCUT2D eigenvalue weighted by molar-refractivity contribution is 5.97. The van der Waals surface area contributed by atoms with Crippen molar-refractivity contribution in [3.63, 3.8) is 0 Å². The van der Waals surface area contributed by atoms with E-state index in [1.807, 2.05) is 31.2 Å². The predicted octanol–water partition coefficient (Wildman–Crippen LogP) is 2.81. The predicted molar refractivity (Wildman–Crippen MR) is 98.1 cm³/mol. The van der Waals surface area contributed by atoms with E-state index >= 15 is 0 Å². The summed E-state index contributed by atoms with van der Waals surface area (Å²) >= 11 is 0. The quantitative estimate of drug-likeness (QED) is 0.776. The van der Waals surface area contributed by atoms with Crippen molar-refractivity contribution in [2.45, 2.75) is 19.8 Å². The summed E-state index contributed by atoms with van der Waals surface area (Å²) in [6.45, 7) is 3.19. The minimum Gasteiger partial charge on any atom is -0.497 e. The van der Waals surface area contributed by atoms with Gasteiger partial charge >= 0.3 is 0 Å². The van der Waals surface area contributed by atoms with Gasteiger partial charge in [-0.05, 0) is 54.8 Å². The molecule has 2 amide bonds. The fourth-order valence-corrected chi connectivity index (χ4v) is 2.33. The normalized spacial score (nSPS) is 10.2. The van der Waals surface area contributed by atoms with Gasteiger partial charge in [0.2, 0.25) is 0 Å². The first-order valence-electron chi connectivity index (χ1n) is 8.43. The van der Waals surface area contributed by atoms with E-state index in [-0.39, 0.29) is 11.8 Å². The van der Waals surface area contributed by atoms with Crippen LogP contribution >= 0.6 is 0 Å². The molecule has 5 heteroatoms. The largest absolute Gasteiger partial charge is 0.497 e. The Morgan fingerprint density at radius 1 is 0.840 bits per heavy atom. The van der Waals surface area contributed by atoms with Crippen molar-refractivity contribution >= 4 is 11.8 Å². The van der Waals surface area contributed by atoms with Crippen molar-refractivity contribution in [2.75, 3.05) is 20.2 Å². The number of nitrogens with one attached hydrogen (secondary N) is 2. The lowest BCUT2D eigenvalue weighted by atomic mass is 10.1. The van der Waals surface area contributed by atoms with Gasteiger partial charge in [0.05, 0.1) is 7.11 Å². The number of hydrogen-bond acceptors (Lipinski definition) is 3. The Morgan fingerprint density at radius 2 is 1.36 bits per heavy atom. The summed E-state index contributed by atoms with van der Waals surface area (Å²) < 4.78 is 5.12. The van der Waals surface area contributed by atoms with Crippen molar-refractivity contribution in [2.24, 2.45) is 0 Å². The summed E-state index contributed by atoms with van der Waals surface area (Å²) in [5.41, 5.74) is 2.23. The SMILES string of the molecule is CCCNC(=O)c1ccc(C(=O)NCCc2ccc(OC)cc2)cc1. The second-order valence-corrected chi connectivity index (χ2v) is 5.69. The zero-order valence-corrected chi connectivity index (χ0v) is 14.7. The van der Waals surface area contributed by atoms with E-state index in [2.05, 4.69) is 10.6 Å². The van der Waals surface area contributed by atoms with Crippen LogP contribution in [0.1, 0.15) is 39.6 Å². The van der Waals surface area contributed by atoms with Crippen LogP contribution in [0.25, 0.3) is 0 Å². The van der Waals surface area contributed by atoms with Crippen LogP contribution in [0, 0.1) is 0 Å². The molecule has 0 aromatic heterocycles. The van der Waals surface area contributed by atoms with E-state index in [0.717, 1.165) is 24.2 Å². The summed E-state index contributed by atoms with van der Waals surface area (Å²) in [5.74, 6) is 0.554. The number of methoxy groups -OCH3 is 1. The van der Waals surface area contributed by atoms with Crippen LogP contribution in [-0.4, -0.2) is 32.0 Å². The topological polar surface area (TPSA) is 67.4 Å². The number of benzene rings is 2. The molecule has 0 saturated carbocycles. The molecule has 0 aliphatic carbocycles. The highest BCUT2D eigenvalue weighted by atomic mass is 16.5. The highest BCUT2D eigenvalue weighted by Crippen LogP contribution is 2.11. The zero-order valence-electron chi connectivity index (χ0n) is 14.7. The van der Waals surface area contributed by atoms with Crippen LogP contribution in [0.2, 0.25) is 0 Å². The second-order valence-electron chi connectivity index (χ2n) is 5.69. The lowest BCUT2D eigenvalue weighted by Gasteiger charge is -2.07. The van der Waals surface area contributed by atoms with Crippen LogP contribution in [-0.2, 0) is 6.42 Å². The Labute approximate surface area is 148 Å². The molecular weight excluding hydrogens is 316 g/mol. The van der Waals surface area contributed by atoms with Gasteiger partial charge in [-0.3, -0.25) is 9.59 Å². The van der Waals surface area contributed by atoms with E-state index in [1.165, 1.54) is 0 Å². The minimum atomic E-state index is -0.144. The Balaban J connectivity index is 1.82. The first kappa shape index (κ1) is 18.5. The van der Waals surface area contributed by atoms with E-state index in [9.17, 15) is 9.59 Å². The number of ether oxygens (including phenoxy) is 1. The molecular formula is C20H24N2O3. The van der Waals surface area contributed by atoms with Crippen LogP contribution < -0.4 is 15.4 Å². The molecule has 0 spiro atoms. The molecule has 0 aliphatic rings. The molecule has 2 rings (SSSR count). The molecule has 0 atom stereocenters. The van der Waals surface area contributed by atoms with E-state index in [0.29, 0.717) is 24.2 Å². The first-order valence-corrected chi connectivity index (χ1v) is 8.43. The van der Waals surface area contributed by atoms with Gasteiger partial charge in [-0.1, -0.05) is 19.1 Å². The molecule has 0 radical (unpaired) electrons. The fraction of sp³-hybridized carbons (Fsp3) is 0.300. The van der Waals surface area contributed by atoms with E-state index in [4.69, 9.17) is 4.74 Å². The minimum absolute atomic E-state index is 0.117. The van der Waals surface area contributed by atoms with Gasteiger partial charge in [-0.15, -0.1) is 0 Å². The van der Waals surface area contributed by atoms with E-state index < -0.39 is 0 Å². The van der Waals surface area contributed by atoms with Gasteiger partial charge in [-0.2, -0.15) is 0 Å². The molecule has 0 saturated heterocycles. The summed E-state index contributed by atoms with van der Waals surface area (Å²) in [6.07, 6.45) is 1.63. The van der Waals surface area contributed by atoms with Crippen molar-refractivity contribution in [3.8, 4) is 5.75 Å². The summed E-state index contributed by atoms with van der Waals surface area (Å²) in [4.78, 5) is 24.0. The molecule has 5 nitrogen and oxygen atoms in total. The maximum atomic E-state index is 12.2. The Morgan fingerprint density at radius 3 is 1.84 bits per heavy atom. The van der Waals surface area contributed by atoms with Gasteiger partial charge < -0.3 is 15.4 Å². The molecule has 0 bridgehead atoms. The van der Waals surface area contributed by atoms with Gasteiger partial charge in [0.1, 0.15) is 5.75 Å². The molecule has 2 N–H and O–H groups in total. The average molecular weight is 340 g/mol. The standard InChI is InChI=1S/C20H24N2O3/c1-3-13-21-19(23)16-6-8-17(9-7-16)20(24)22-14-12-15-4-10-18(25-2)11-5-15/h4-11H,3,12-14H2,1-2H3,(H,21,23)(H,22,24). The number of hydrogen-bond donors (Lipinski definition) is 2. The number of amides is 2. The fourth-order valence-electron chi connectivity index (χ4n) is 2.33. The molecule has 0 heterocycles. The Bertz CT molecular complexity index is 694. The maximum Gasteiger partial charge on any atom is 0.251 e. The third-order valence-electron chi connectivity index (χ3n) is 3.80. The average Bonchev–Trinajstić information content (AvgIpc) is 2.66. The third kappa shape index (κ3) is 5.64. The Hall–Kier alpha value is -2.82. The van der Waals surface area contributed by atoms with Gasteiger partial charge in [0, 0.05) is 24.2 Å². The van der Waals surface area contributed by atoms with Crippen LogP contribution in [0.15, 0.2) is 48.5 Å². The molecule has 0 unspecified atom stereocenters. The molecule has 25 heavy (non-hydrogen) atoms. The number of rotatable bonds is 8. The first-order chi connectivity index (χ1) is 12.1. The molecule has 132 valence electrons. The van der Waals surface area contributed by atoms with Crippen LogP contribution in [0.4, 0.5) is 0 Å². The third-order valence-corrected chi connectivity index (χ3v) is 3.80. The number of carbonyl (C=O) groups excluding carboxylic acids is 2. The number of carbonyl (C=O) groups is 2. The molecule has 0 aliphatic heterocycles. The summed E-state index contributed by atoms with van der Waals surface area (Å²) in [6, 6.07) is 14.4. The summed E-state index contributed by atoms with van der Waals surface area (Å²) in [5, 5.41) is 5.70. The van der Waals surface area contributed by atoms with Gasteiger partial charge in [0.25, 0.3) is 11.8 Å². The maximum absolute atomic E-state index is 12.2. The molecule has 2 aromatic rings. The monoisotopic (exact) mass is 340 g/mol. The zero-order chi connectivity index (χ0) is 18.1. The smallest absolute Gasteiger partial charge is 0.251 e. The lowest BCUT2D eigenvalue weighted by Crippen LogP contribution is -2.26. The molecule has 2 aromatic carbocycles. The van der Waals surface area contributed by atoms with Crippen molar-refractivity contribution in [1.82, 2.24) is 10.6 Å². The van der Waals surface area contributed by atoms with Gasteiger partial charge in [-0.25, -0.2) is 0 Å². The van der Waals surface area contributed by atoms with Crippen molar-refractivity contribution < 1.29 is 14.3 Å². The van der Waals surface area contributed by atoms with Crippen LogP contribution in [0.3, 0.4) is 0 Å².